The number of hydrogen-bond acceptors (Lipinski definition) is 4. The van der Waals surface area contributed by atoms with Crippen molar-refractivity contribution in [2.24, 2.45) is 0 Å². The molecule has 6 heteroatoms. The molecule has 3 nitrogen and oxygen atoms in total. The predicted octanol–water partition coefficient (Wildman–Crippen LogP) is 4.66. The van der Waals surface area contributed by atoms with Crippen molar-refractivity contribution in [1.29, 1.82) is 0 Å². The van der Waals surface area contributed by atoms with Gasteiger partial charge in [-0.25, -0.2) is 4.98 Å². The SMILES string of the molecule is CC1CCCN1CCc1nc2c(-c3ccc(F)nc3F)cccc2s1. The molecule has 1 aliphatic heterocycles. The van der Waals surface area contributed by atoms with E-state index in [1.165, 1.54) is 25.0 Å². The molecule has 0 N–H and O–H groups in total. The van der Waals surface area contributed by atoms with Crippen LogP contribution in [0.2, 0.25) is 0 Å². The van der Waals surface area contributed by atoms with Crippen molar-refractivity contribution in [3.8, 4) is 11.1 Å². The van der Waals surface area contributed by atoms with Crippen molar-refractivity contribution in [3.63, 3.8) is 0 Å². The molecule has 3 aromatic rings. The fraction of sp³-hybridized carbons (Fsp3) is 0.368. The molecule has 1 unspecified atom stereocenters. The average Bonchev–Trinajstić information content (AvgIpc) is 3.18. The Hall–Kier alpha value is -1.92. The number of halogens is 2. The van der Waals surface area contributed by atoms with Crippen LogP contribution in [0.5, 0.6) is 0 Å². The molecule has 0 radical (unpaired) electrons. The van der Waals surface area contributed by atoms with Gasteiger partial charge in [0.1, 0.15) is 0 Å². The van der Waals surface area contributed by atoms with E-state index in [-0.39, 0.29) is 5.56 Å². The number of hydrogen-bond donors (Lipinski definition) is 0. The van der Waals surface area contributed by atoms with Gasteiger partial charge in [-0.15, -0.1) is 11.3 Å². The summed E-state index contributed by atoms with van der Waals surface area (Å²) in [5, 5.41) is 1.05. The second kappa shape index (κ2) is 6.77. The van der Waals surface area contributed by atoms with Gasteiger partial charge in [0.2, 0.25) is 11.9 Å². The second-order valence-corrected chi connectivity index (χ2v) is 7.62. The Labute approximate surface area is 149 Å². The number of pyridine rings is 1. The third-order valence-electron chi connectivity index (χ3n) is 4.87. The molecule has 0 amide bonds. The fourth-order valence-corrected chi connectivity index (χ4v) is 4.48. The van der Waals surface area contributed by atoms with Gasteiger partial charge < -0.3 is 4.90 Å². The van der Waals surface area contributed by atoms with Crippen LogP contribution < -0.4 is 0 Å². The summed E-state index contributed by atoms with van der Waals surface area (Å²) in [4.78, 5) is 10.5. The Balaban J connectivity index is 1.64. The van der Waals surface area contributed by atoms with Crippen LogP contribution in [0, 0.1) is 11.9 Å². The van der Waals surface area contributed by atoms with Crippen LogP contribution in [0.15, 0.2) is 30.3 Å². The molecular weight excluding hydrogens is 340 g/mol. The summed E-state index contributed by atoms with van der Waals surface area (Å²) in [6.45, 7) is 4.43. The maximum absolute atomic E-state index is 14.1. The number of thiazole rings is 1. The topological polar surface area (TPSA) is 29.0 Å². The summed E-state index contributed by atoms with van der Waals surface area (Å²) in [5.41, 5.74) is 1.72. The number of rotatable bonds is 4. The van der Waals surface area contributed by atoms with Gasteiger partial charge in [-0.3, -0.25) is 0 Å². The van der Waals surface area contributed by atoms with Crippen LogP contribution in [0.1, 0.15) is 24.8 Å². The number of benzene rings is 1. The van der Waals surface area contributed by atoms with Crippen molar-refractivity contribution < 1.29 is 8.78 Å². The molecule has 1 atom stereocenters. The first-order valence-corrected chi connectivity index (χ1v) is 9.38. The molecule has 0 aliphatic carbocycles. The second-order valence-electron chi connectivity index (χ2n) is 6.51. The zero-order chi connectivity index (χ0) is 17.4. The summed E-state index contributed by atoms with van der Waals surface area (Å²) in [7, 11) is 0. The molecule has 25 heavy (non-hydrogen) atoms. The van der Waals surface area contributed by atoms with Crippen LogP contribution in [-0.2, 0) is 6.42 Å². The lowest BCUT2D eigenvalue weighted by Crippen LogP contribution is -2.28. The van der Waals surface area contributed by atoms with Gasteiger partial charge >= 0.3 is 0 Å². The lowest BCUT2D eigenvalue weighted by atomic mass is 10.1. The third-order valence-corrected chi connectivity index (χ3v) is 5.95. The molecule has 1 saturated heterocycles. The van der Waals surface area contributed by atoms with Crippen molar-refractivity contribution >= 4 is 21.6 Å². The molecule has 3 heterocycles. The minimum atomic E-state index is -0.813. The molecule has 1 fully saturated rings. The maximum Gasteiger partial charge on any atom is 0.223 e. The Bertz CT molecular complexity index is 909. The van der Waals surface area contributed by atoms with Gasteiger partial charge in [0.25, 0.3) is 0 Å². The molecule has 2 aromatic heterocycles. The van der Waals surface area contributed by atoms with Gasteiger partial charge in [0, 0.05) is 30.1 Å². The Kier molecular flexibility index (Phi) is 4.48. The molecule has 1 aromatic carbocycles. The summed E-state index contributed by atoms with van der Waals surface area (Å²) in [6.07, 6.45) is 3.43. The monoisotopic (exact) mass is 359 g/mol. The molecule has 1 aliphatic rings. The van der Waals surface area contributed by atoms with E-state index < -0.39 is 11.9 Å². The highest BCUT2D eigenvalue weighted by Gasteiger charge is 2.20. The van der Waals surface area contributed by atoms with E-state index in [4.69, 9.17) is 4.98 Å². The highest BCUT2D eigenvalue weighted by molar-refractivity contribution is 7.18. The molecule has 4 rings (SSSR count). The Morgan fingerprint density at radius 1 is 1.16 bits per heavy atom. The minimum absolute atomic E-state index is 0.289. The molecule has 0 saturated carbocycles. The summed E-state index contributed by atoms with van der Waals surface area (Å²) in [5.74, 6) is -1.61. The lowest BCUT2D eigenvalue weighted by Gasteiger charge is -2.19. The predicted molar refractivity (Wildman–Crippen MR) is 96.7 cm³/mol. The van der Waals surface area contributed by atoms with Gasteiger partial charge in [-0.05, 0) is 44.5 Å². The quantitative estimate of drug-likeness (QED) is 0.634. The Morgan fingerprint density at radius 2 is 2.04 bits per heavy atom. The van der Waals surface area contributed by atoms with Gasteiger partial charge in [-0.1, -0.05) is 12.1 Å². The number of nitrogens with zero attached hydrogens (tertiary/aromatic N) is 3. The van der Waals surface area contributed by atoms with E-state index in [0.29, 0.717) is 11.6 Å². The van der Waals surface area contributed by atoms with Crippen molar-refractivity contribution in [3.05, 3.63) is 47.2 Å². The third kappa shape index (κ3) is 3.28. The van der Waals surface area contributed by atoms with E-state index in [9.17, 15) is 8.78 Å². The smallest absolute Gasteiger partial charge is 0.223 e. The van der Waals surface area contributed by atoms with Crippen LogP contribution in [0.4, 0.5) is 8.78 Å². The van der Waals surface area contributed by atoms with E-state index >= 15 is 0 Å². The summed E-state index contributed by atoms with van der Waals surface area (Å²) < 4.78 is 28.2. The van der Waals surface area contributed by atoms with Gasteiger partial charge in [-0.2, -0.15) is 13.8 Å². The average molecular weight is 359 g/mol. The maximum atomic E-state index is 14.1. The summed E-state index contributed by atoms with van der Waals surface area (Å²) in [6, 6.07) is 8.94. The number of para-hydroxylation sites is 1. The van der Waals surface area contributed by atoms with Crippen molar-refractivity contribution in [1.82, 2.24) is 14.9 Å². The normalized spacial score (nSPS) is 18.3. The minimum Gasteiger partial charge on any atom is -0.300 e. The van der Waals surface area contributed by atoms with Crippen LogP contribution in [0.25, 0.3) is 21.3 Å². The highest BCUT2D eigenvalue weighted by Crippen LogP contribution is 2.33. The van der Waals surface area contributed by atoms with Crippen molar-refractivity contribution in [2.45, 2.75) is 32.2 Å². The number of likely N-dealkylation sites (tertiary alicyclic amines) is 1. The lowest BCUT2D eigenvalue weighted by molar-refractivity contribution is 0.272. The fourth-order valence-electron chi connectivity index (χ4n) is 3.50. The molecule has 0 bridgehead atoms. The van der Waals surface area contributed by atoms with Gasteiger partial charge in [0.15, 0.2) is 0 Å². The number of aromatic nitrogens is 2. The van der Waals surface area contributed by atoms with E-state index in [1.807, 2.05) is 18.2 Å². The zero-order valence-electron chi connectivity index (χ0n) is 14.0. The van der Waals surface area contributed by atoms with Crippen LogP contribution >= 0.6 is 11.3 Å². The molecule has 0 spiro atoms. The van der Waals surface area contributed by atoms with Crippen LogP contribution in [0.3, 0.4) is 0 Å². The Morgan fingerprint density at radius 3 is 2.80 bits per heavy atom. The number of fused-ring (bicyclic) bond motifs is 1. The van der Waals surface area contributed by atoms with E-state index in [0.717, 1.165) is 34.7 Å². The first-order valence-electron chi connectivity index (χ1n) is 8.57. The molecular formula is C19H19F2N3S. The van der Waals surface area contributed by atoms with Crippen molar-refractivity contribution in [2.75, 3.05) is 13.1 Å². The van der Waals surface area contributed by atoms with E-state index in [2.05, 4.69) is 16.8 Å². The first kappa shape index (κ1) is 16.5. The highest BCUT2D eigenvalue weighted by atomic mass is 32.1. The molecule has 130 valence electrons. The standard InChI is InChI=1S/C19H19F2N3S/c1-12-4-3-10-24(12)11-9-17-23-18-13(5-2-6-15(18)25-17)14-7-8-16(20)22-19(14)21/h2,5-8,12H,3-4,9-11H2,1H3. The van der Waals surface area contributed by atoms with Crippen LogP contribution in [-0.4, -0.2) is 34.0 Å². The first-order chi connectivity index (χ1) is 12.1. The van der Waals surface area contributed by atoms with E-state index in [1.54, 1.807) is 11.3 Å². The largest absolute Gasteiger partial charge is 0.300 e. The zero-order valence-corrected chi connectivity index (χ0v) is 14.8. The summed E-state index contributed by atoms with van der Waals surface area (Å²) >= 11 is 1.65. The van der Waals surface area contributed by atoms with Gasteiger partial charge in [0.05, 0.1) is 15.2 Å².